The van der Waals surface area contributed by atoms with Crippen LogP contribution >= 0.6 is 0 Å². The van der Waals surface area contributed by atoms with Gasteiger partial charge in [-0.3, -0.25) is 0 Å². The van der Waals surface area contributed by atoms with Crippen molar-refractivity contribution in [3.8, 4) is 5.75 Å². The molecule has 1 aliphatic heterocycles. The van der Waals surface area contributed by atoms with E-state index in [1.807, 2.05) is 12.1 Å². The summed E-state index contributed by atoms with van der Waals surface area (Å²) in [6.07, 6.45) is -0.632. The largest absolute Gasteiger partial charge is 0.497 e. The van der Waals surface area contributed by atoms with Gasteiger partial charge < -0.3 is 14.9 Å². The number of nitrogens with zero attached hydrogens (tertiary/aromatic N) is 1. The third-order valence-electron chi connectivity index (χ3n) is 4.48. The Balaban J connectivity index is 2.01. The Hall–Kier alpha value is -1.93. The van der Waals surface area contributed by atoms with Crippen LogP contribution in [0.5, 0.6) is 5.75 Å². The molecule has 25 heavy (non-hydrogen) atoms. The molecule has 1 aliphatic rings. The predicted octanol–water partition coefficient (Wildman–Crippen LogP) is 1.34. The maximum absolute atomic E-state index is 12.9. The smallest absolute Gasteiger partial charge is 0.243 e. The summed E-state index contributed by atoms with van der Waals surface area (Å²) in [5, 5.41) is 20.1. The Morgan fingerprint density at radius 2 is 1.80 bits per heavy atom. The average Bonchev–Trinajstić information content (AvgIpc) is 2.63. The Bertz CT molecular complexity index is 835. The standard InChI is InChI=1S/C18H21NO5S/c1-24-14-8-6-13(7-9-14)12-16-18(21)15-4-2-3-5-17(15)25(22,23)19(16)10-11-20/h2-9,16,18,20-21H,10-12H2,1H3/t16-,18+/m1/s1. The Labute approximate surface area is 147 Å². The lowest BCUT2D eigenvalue weighted by Gasteiger charge is -2.39. The van der Waals surface area contributed by atoms with Crippen molar-refractivity contribution >= 4 is 10.0 Å². The summed E-state index contributed by atoms with van der Waals surface area (Å²) >= 11 is 0. The van der Waals surface area contributed by atoms with Gasteiger partial charge in [0.1, 0.15) is 5.75 Å². The molecule has 134 valence electrons. The number of benzene rings is 2. The third kappa shape index (κ3) is 3.28. The van der Waals surface area contributed by atoms with E-state index in [-0.39, 0.29) is 18.0 Å². The van der Waals surface area contributed by atoms with Crippen molar-refractivity contribution in [2.45, 2.75) is 23.5 Å². The van der Waals surface area contributed by atoms with E-state index in [4.69, 9.17) is 4.74 Å². The summed E-state index contributed by atoms with van der Waals surface area (Å²) in [6, 6.07) is 13.1. The topological polar surface area (TPSA) is 87.1 Å². The van der Waals surface area contributed by atoms with Gasteiger partial charge in [-0.2, -0.15) is 4.31 Å². The van der Waals surface area contributed by atoms with Crippen LogP contribution in [0.15, 0.2) is 53.4 Å². The van der Waals surface area contributed by atoms with E-state index in [9.17, 15) is 18.6 Å². The SMILES string of the molecule is COc1ccc(C[C@@H]2[C@@H](O)c3ccccc3S(=O)(=O)N2CCO)cc1. The molecule has 2 atom stereocenters. The van der Waals surface area contributed by atoms with Gasteiger partial charge in [0.2, 0.25) is 10.0 Å². The van der Waals surface area contributed by atoms with Crippen LogP contribution in [0.25, 0.3) is 0 Å². The minimum Gasteiger partial charge on any atom is -0.497 e. The highest BCUT2D eigenvalue weighted by molar-refractivity contribution is 7.89. The van der Waals surface area contributed by atoms with Gasteiger partial charge >= 0.3 is 0 Å². The highest BCUT2D eigenvalue weighted by Crippen LogP contribution is 2.37. The van der Waals surface area contributed by atoms with Gasteiger partial charge in [0.15, 0.2) is 0 Å². The number of ether oxygens (including phenoxy) is 1. The molecule has 0 unspecified atom stereocenters. The van der Waals surface area contributed by atoms with E-state index in [2.05, 4.69) is 0 Å². The zero-order chi connectivity index (χ0) is 18.0. The van der Waals surface area contributed by atoms with E-state index in [1.165, 1.54) is 10.4 Å². The van der Waals surface area contributed by atoms with E-state index >= 15 is 0 Å². The average molecular weight is 363 g/mol. The van der Waals surface area contributed by atoms with Crippen LogP contribution in [-0.4, -0.2) is 49.2 Å². The normalized spacial score (nSPS) is 22.4. The molecule has 6 nitrogen and oxygen atoms in total. The van der Waals surface area contributed by atoms with Gasteiger partial charge in [-0.05, 0) is 30.2 Å². The molecule has 2 N–H and O–H groups in total. The molecule has 2 aromatic rings. The second kappa shape index (κ2) is 7.13. The van der Waals surface area contributed by atoms with Gasteiger partial charge in [-0.25, -0.2) is 8.42 Å². The molecule has 2 aromatic carbocycles. The summed E-state index contributed by atoms with van der Waals surface area (Å²) in [5.41, 5.74) is 1.28. The number of sulfonamides is 1. The number of rotatable bonds is 5. The van der Waals surface area contributed by atoms with Crippen molar-refractivity contribution in [2.24, 2.45) is 0 Å². The minimum atomic E-state index is -3.77. The van der Waals surface area contributed by atoms with Crippen molar-refractivity contribution in [3.63, 3.8) is 0 Å². The fourth-order valence-corrected chi connectivity index (χ4v) is 5.09. The first-order valence-electron chi connectivity index (χ1n) is 8.01. The summed E-state index contributed by atoms with van der Waals surface area (Å²) in [6.45, 7) is -0.373. The Morgan fingerprint density at radius 3 is 2.44 bits per heavy atom. The molecule has 0 spiro atoms. The summed E-state index contributed by atoms with van der Waals surface area (Å²) in [5.74, 6) is 0.707. The van der Waals surface area contributed by atoms with Gasteiger partial charge in [-0.15, -0.1) is 0 Å². The Kier molecular flexibility index (Phi) is 5.10. The third-order valence-corrected chi connectivity index (χ3v) is 6.48. The number of aliphatic hydroxyl groups is 2. The molecule has 0 amide bonds. The predicted molar refractivity (Wildman–Crippen MR) is 92.9 cm³/mol. The lowest BCUT2D eigenvalue weighted by Crippen LogP contribution is -2.50. The van der Waals surface area contributed by atoms with Crippen LogP contribution in [0, 0.1) is 0 Å². The fraction of sp³-hybridized carbons (Fsp3) is 0.333. The second-order valence-electron chi connectivity index (χ2n) is 5.94. The fourth-order valence-electron chi connectivity index (χ4n) is 3.23. The molecule has 0 aliphatic carbocycles. The number of hydrogen-bond donors (Lipinski definition) is 2. The monoisotopic (exact) mass is 363 g/mol. The van der Waals surface area contributed by atoms with Crippen molar-refractivity contribution in [2.75, 3.05) is 20.3 Å². The minimum absolute atomic E-state index is 0.0610. The number of hydrogen-bond acceptors (Lipinski definition) is 5. The van der Waals surface area contributed by atoms with Crippen LogP contribution in [0.2, 0.25) is 0 Å². The van der Waals surface area contributed by atoms with E-state index < -0.39 is 22.2 Å². The summed E-state index contributed by atoms with van der Waals surface area (Å²) in [4.78, 5) is 0.0990. The zero-order valence-corrected chi connectivity index (χ0v) is 14.7. The van der Waals surface area contributed by atoms with Gasteiger partial charge in [-0.1, -0.05) is 30.3 Å². The highest BCUT2D eigenvalue weighted by Gasteiger charge is 2.43. The van der Waals surface area contributed by atoms with Crippen LogP contribution in [0.3, 0.4) is 0 Å². The maximum Gasteiger partial charge on any atom is 0.243 e. The Morgan fingerprint density at radius 1 is 1.12 bits per heavy atom. The quantitative estimate of drug-likeness (QED) is 0.837. The first-order valence-corrected chi connectivity index (χ1v) is 9.45. The summed E-state index contributed by atoms with van der Waals surface area (Å²) in [7, 11) is -2.20. The van der Waals surface area contributed by atoms with Crippen molar-refractivity contribution in [3.05, 3.63) is 59.7 Å². The molecule has 0 saturated carbocycles. The van der Waals surface area contributed by atoms with Crippen molar-refractivity contribution < 1.29 is 23.4 Å². The number of methoxy groups -OCH3 is 1. The molecule has 0 aromatic heterocycles. The lowest BCUT2D eigenvalue weighted by molar-refractivity contribution is 0.0725. The molecule has 0 saturated heterocycles. The molecular formula is C18H21NO5S. The van der Waals surface area contributed by atoms with Gasteiger partial charge in [0.25, 0.3) is 0 Å². The van der Waals surface area contributed by atoms with Gasteiger partial charge in [0.05, 0.1) is 30.8 Å². The molecule has 0 bridgehead atoms. The van der Waals surface area contributed by atoms with Crippen molar-refractivity contribution in [1.29, 1.82) is 0 Å². The lowest BCUT2D eigenvalue weighted by atomic mass is 9.95. The molecular weight excluding hydrogens is 342 g/mol. The molecule has 7 heteroatoms. The van der Waals surface area contributed by atoms with Crippen LogP contribution in [0.1, 0.15) is 17.2 Å². The zero-order valence-electron chi connectivity index (χ0n) is 13.9. The van der Waals surface area contributed by atoms with E-state index in [0.717, 1.165) is 5.56 Å². The van der Waals surface area contributed by atoms with E-state index in [0.29, 0.717) is 17.7 Å². The first-order chi connectivity index (χ1) is 12.0. The number of fused-ring (bicyclic) bond motifs is 1. The molecule has 1 heterocycles. The molecule has 3 rings (SSSR count). The molecule has 0 radical (unpaired) electrons. The summed E-state index contributed by atoms with van der Waals surface area (Å²) < 4.78 is 32.2. The first kappa shape index (κ1) is 17.9. The van der Waals surface area contributed by atoms with Crippen molar-refractivity contribution in [1.82, 2.24) is 4.31 Å². The van der Waals surface area contributed by atoms with Crippen LogP contribution in [-0.2, 0) is 16.4 Å². The van der Waals surface area contributed by atoms with Gasteiger partial charge in [0, 0.05) is 12.1 Å². The second-order valence-corrected chi connectivity index (χ2v) is 7.80. The maximum atomic E-state index is 12.9. The van der Waals surface area contributed by atoms with Crippen LogP contribution < -0.4 is 4.74 Å². The van der Waals surface area contributed by atoms with E-state index in [1.54, 1.807) is 37.4 Å². The molecule has 0 fully saturated rings. The number of β-amino-alcohol motifs (C(OH)–C–C–N with tert-alkyl or cyclic N) is 1. The number of aliphatic hydroxyl groups excluding tert-OH is 2. The highest BCUT2D eigenvalue weighted by atomic mass is 32.2. The van der Waals surface area contributed by atoms with Crippen LogP contribution in [0.4, 0.5) is 0 Å².